The molecule has 150 valence electrons. The van der Waals surface area contributed by atoms with Crippen LogP contribution in [0.5, 0.6) is 11.5 Å². The summed E-state index contributed by atoms with van der Waals surface area (Å²) in [4.78, 5) is 40.6. The van der Waals surface area contributed by atoms with Gasteiger partial charge in [0.25, 0.3) is 5.56 Å². The van der Waals surface area contributed by atoms with Crippen LogP contribution < -0.4 is 15.0 Å². The molecule has 0 bridgehead atoms. The number of carbonyl (C=O) groups is 2. The van der Waals surface area contributed by atoms with Crippen LogP contribution in [0.1, 0.15) is 12.0 Å². The highest BCUT2D eigenvalue weighted by molar-refractivity contribution is 7.16. The van der Waals surface area contributed by atoms with E-state index in [1.54, 1.807) is 35.7 Å². The summed E-state index contributed by atoms with van der Waals surface area (Å²) < 4.78 is 16.5. The summed E-state index contributed by atoms with van der Waals surface area (Å²) in [5, 5.41) is 2.33. The largest absolute Gasteiger partial charge is 0.493 e. The topological polar surface area (TPSA) is 96.7 Å². The van der Waals surface area contributed by atoms with Gasteiger partial charge in [-0.2, -0.15) is 0 Å². The standard InChI is InChI=1S/C20H18N2O6S/c1-26-16-11-13(4-6-17(23)27-2)3-5-15(16)28-18(24)7-9-22-12-21-19-14(20(22)25)8-10-29-19/h3-6,8,10-12H,7,9H2,1-2H3/b6-4+. The van der Waals surface area contributed by atoms with Crippen molar-refractivity contribution < 1.29 is 23.8 Å². The predicted molar refractivity (Wildman–Crippen MR) is 108 cm³/mol. The highest BCUT2D eigenvalue weighted by Gasteiger charge is 2.12. The van der Waals surface area contributed by atoms with Gasteiger partial charge >= 0.3 is 11.9 Å². The Labute approximate surface area is 170 Å². The zero-order chi connectivity index (χ0) is 20.8. The number of rotatable bonds is 7. The molecule has 29 heavy (non-hydrogen) atoms. The van der Waals surface area contributed by atoms with Gasteiger partial charge in [0.2, 0.25) is 0 Å². The van der Waals surface area contributed by atoms with E-state index < -0.39 is 11.9 Å². The van der Waals surface area contributed by atoms with E-state index in [0.717, 1.165) is 0 Å². The van der Waals surface area contributed by atoms with Crippen molar-refractivity contribution >= 4 is 39.6 Å². The molecule has 0 N–H and O–H groups in total. The molecule has 0 atom stereocenters. The van der Waals surface area contributed by atoms with Gasteiger partial charge in [0.05, 0.1) is 32.4 Å². The average Bonchev–Trinajstić information content (AvgIpc) is 3.22. The maximum absolute atomic E-state index is 12.3. The summed E-state index contributed by atoms with van der Waals surface area (Å²) in [7, 11) is 2.74. The second-order valence-electron chi connectivity index (χ2n) is 5.87. The lowest BCUT2D eigenvalue weighted by Crippen LogP contribution is -2.22. The number of thiophene rings is 1. The van der Waals surface area contributed by atoms with Gasteiger partial charge in [-0.05, 0) is 35.2 Å². The molecule has 9 heteroatoms. The summed E-state index contributed by atoms with van der Waals surface area (Å²) in [6.45, 7) is 0.152. The fourth-order valence-electron chi connectivity index (χ4n) is 2.54. The second kappa shape index (κ2) is 9.16. The van der Waals surface area contributed by atoms with Crippen molar-refractivity contribution in [2.75, 3.05) is 14.2 Å². The van der Waals surface area contributed by atoms with Gasteiger partial charge in [0.15, 0.2) is 11.5 Å². The Morgan fingerprint density at radius 3 is 2.79 bits per heavy atom. The molecule has 0 saturated carbocycles. The molecule has 1 aromatic carbocycles. The van der Waals surface area contributed by atoms with Crippen molar-refractivity contribution in [2.24, 2.45) is 0 Å². The number of carbonyl (C=O) groups excluding carboxylic acids is 2. The van der Waals surface area contributed by atoms with Gasteiger partial charge in [-0.1, -0.05) is 6.07 Å². The first-order valence-corrected chi connectivity index (χ1v) is 9.47. The van der Waals surface area contributed by atoms with Crippen LogP contribution in [0.15, 0.2) is 46.8 Å². The van der Waals surface area contributed by atoms with Crippen LogP contribution >= 0.6 is 11.3 Å². The molecular formula is C20H18N2O6S. The fourth-order valence-corrected chi connectivity index (χ4v) is 3.27. The fraction of sp³-hybridized carbons (Fsp3) is 0.200. The monoisotopic (exact) mass is 414 g/mol. The Hall–Kier alpha value is -3.46. The number of benzene rings is 1. The summed E-state index contributed by atoms with van der Waals surface area (Å²) >= 11 is 1.39. The molecule has 0 saturated heterocycles. The summed E-state index contributed by atoms with van der Waals surface area (Å²) in [5.74, 6) is -0.418. The minimum Gasteiger partial charge on any atom is -0.493 e. The van der Waals surface area contributed by atoms with Crippen LogP contribution in [0.4, 0.5) is 0 Å². The quantitative estimate of drug-likeness (QED) is 0.333. The molecule has 0 fully saturated rings. The number of fused-ring (bicyclic) bond motifs is 1. The highest BCUT2D eigenvalue weighted by Crippen LogP contribution is 2.29. The van der Waals surface area contributed by atoms with Crippen LogP contribution in [0.2, 0.25) is 0 Å². The van der Waals surface area contributed by atoms with E-state index in [4.69, 9.17) is 9.47 Å². The Balaban J connectivity index is 1.66. The second-order valence-corrected chi connectivity index (χ2v) is 6.77. The van der Waals surface area contributed by atoms with Crippen LogP contribution in [0, 0.1) is 0 Å². The Morgan fingerprint density at radius 2 is 2.03 bits per heavy atom. The minimum absolute atomic E-state index is 0.00954. The molecule has 2 aromatic heterocycles. The lowest BCUT2D eigenvalue weighted by molar-refractivity contribution is -0.135. The molecule has 0 spiro atoms. The molecule has 8 nitrogen and oxygen atoms in total. The van der Waals surface area contributed by atoms with E-state index in [1.807, 2.05) is 0 Å². The average molecular weight is 414 g/mol. The van der Waals surface area contributed by atoms with Gasteiger partial charge in [-0.3, -0.25) is 14.2 Å². The maximum Gasteiger partial charge on any atom is 0.330 e. The molecule has 0 amide bonds. The molecule has 3 rings (SSSR count). The Morgan fingerprint density at radius 1 is 1.21 bits per heavy atom. The normalized spacial score (nSPS) is 11.0. The molecule has 0 aliphatic rings. The van der Waals surface area contributed by atoms with E-state index in [-0.39, 0.29) is 24.3 Å². The number of aromatic nitrogens is 2. The number of esters is 2. The highest BCUT2D eigenvalue weighted by atomic mass is 32.1. The van der Waals surface area contributed by atoms with Gasteiger partial charge in [0.1, 0.15) is 4.83 Å². The van der Waals surface area contributed by atoms with Crippen molar-refractivity contribution in [1.82, 2.24) is 9.55 Å². The third-order valence-corrected chi connectivity index (χ3v) is 4.85. The third kappa shape index (κ3) is 4.88. The van der Waals surface area contributed by atoms with E-state index in [0.29, 0.717) is 21.5 Å². The van der Waals surface area contributed by atoms with E-state index in [1.165, 1.54) is 42.5 Å². The molecule has 3 aromatic rings. The minimum atomic E-state index is -0.515. The first-order valence-electron chi connectivity index (χ1n) is 8.59. The smallest absolute Gasteiger partial charge is 0.330 e. The number of hydrogen-bond donors (Lipinski definition) is 0. The SMILES string of the molecule is COC(=O)/C=C/c1ccc(OC(=O)CCn2cnc3sccc3c2=O)c(OC)c1. The number of hydrogen-bond acceptors (Lipinski definition) is 8. The van der Waals surface area contributed by atoms with Crippen molar-refractivity contribution in [2.45, 2.75) is 13.0 Å². The van der Waals surface area contributed by atoms with Gasteiger partial charge in [-0.15, -0.1) is 11.3 Å². The molecule has 2 heterocycles. The summed E-state index contributed by atoms with van der Waals surface area (Å²) in [6.07, 6.45) is 4.25. The van der Waals surface area contributed by atoms with E-state index in [2.05, 4.69) is 9.72 Å². The van der Waals surface area contributed by atoms with Crippen LogP contribution in [0.3, 0.4) is 0 Å². The Bertz CT molecular complexity index is 1130. The van der Waals surface area contributed by atoms with Crippen molar-refractivity contribution in [1.29, 1.82) is 0 Å². The predicted octanol–water partition coefficient (Wildman–Crippen LogP) is 2.65. The molecule has 0 aliphatic carbocycles. The molecular weight excluding hydrogens is 396 g/mol. The zero-order valence-corrected chi connectivity index (χ0v) is 16.6. The van der Waals surface area contributed by atoms with Crippen molar-refractivity contribution in [3.05, 3.63) is 58.0 Å². The van der Waals surface area contributed by atoms with Crippen molar-refractivity contribution in [3.8, 4) is 11.5 Å². The molecule has 0 radical (unpaired) electrons. The first kappa shape index (κ1) is 20.3. The number of aryl methyl sites for hydroxylation is 1. The number of methoxy groups -OCH3 is 2. The summed E-state index contributed by atoms with van der Waals surface area (Å²) in [6, 6.07) is 6.58. The Kier molecular flexibility index (Phi) is 6.40. The third-order valence-electron chi connectivity index (χ3n) is 4.03. The number of ether oxygens (including phenoxy) is 3. The van der Waals surface area contributed by atoms with E-state index >= 15 is 0 Å². The van der Waals surface area contributed by atoms with Crippen molar-refractivity contribution in [3.63, 3.8) is 0 Å². The van der Waals surface area contributed by atoms with Gasteiger partial charge < -0.3 is 14.2 Å². The lowest BCUT2D eigenvalue weighted by atomic mass is 10.2. The van der Waals surface area contributed by atoms with Crippen LogP contribution in [-0.2, 0) is 20.9 Å². The van der Waals surface area contributed by atoms with Gasteiger partial charge in [0, 0.05) is 12.6 Å². The van der Waals surface area contributed by atoms with E-state index in [9.17, 15) is 14.4 Å². The molecule has 0 unspecified atom stereocenters. The van der Waals surface area contributed by atoms with Crippen LogP contribution in [0.25, 0.3) is 16.3 Å². The maximum atomic E-state index is 12.3. The van der Waals surface area contributed by atoms with Crippen LogP contribution in [-0.4, -0.2) is 35.7 Å². The number of nitrogens with zero attached hydrogens (tertiary/aromatic N) is 2. The first-order chi connectivity index (χ1) is 14.0. The molecule has 0 aliphatic heterocycles. The zero-order valence-electron chi connectivity index (χ0n) is 15.8. The lowest BCUT2D eigenvalue weighted by Gasteiger charge is -2.10. The summed E-state index contributed by atoms with van der Waals surface area (Å²) in [5.41, 5.74) is 0.483. The van der Waals surface area contributed by atoms with Gasteiger partial charge in [-0.25, -0.2) is 9.78 Å².